The second-order valence-electron chi connectivity index (χ2n) is 4.33. The maximum absolute atomic E-state index is 12.5. The molecule has 0 aliphatic rings. The first-order chi connectivity index (χ1) is 9.23. The number of benzene rings is 1. The quantitative estimate of drug-likeness (QED) is 0.903. The Kier molecular flexibility index (Phi) is 5.11. The van der Waals surface area contributed by atoms with Gasteiger partial charge in [0, 0.05) is 6.04 Å². The van der Waals surface area contributed by atoms with E-state index in [9.17, 15) is 18.0 Å². The van der Waals surface area contributed by atoms with Gasteiger partial charge >= 0.3 is 12.1 Å². The second-order valence-corrected chi connectivity index (χ2v) is 4.33. The number of hydrogen-bond donors (Lipinski definition) is 1. The zero-order valence-corrected chi connectivity index (χ0v) is 10.7. The van der Waals surface area contributed by atoms with Gasteiger partial charge in [-0.15, -0.1) is 0 Å². The van der Waals surface area contributed by atoms with E-state index in [0.717, 1.165) is 4.90 Å². The van der Waals surface area contributed by atoms with E-state index < -0.39 is 31.3 Å². The molecular formula is C13H13F3N2O2. The Bertz CT molecular complexity index is 523. The lowest BCUT2D eigenvalue weighted by Gasteiger charge is -2.28. The van der Waals surface area contributed by atoms with Crippen LogP contribution in [0.25, 0.3) is 0 Å². The molecule has 0 bridgehead atoms. The van der Waals surface area contributed by atoms with Crippen LogP contribution in [0.15, 0.2) is 24.3 Å². The van der Waals surface area contributed by atoms with Crippen molar-refractivity contribution < 1.29 is 23.1 Å². The molecule has 1 unspecified atom stereocenters. The first kappa shape index (κ1) is 16.0. The number of rotatable bonds is 5. The minimum Gasteiger partial charge on any atom is -0.480 e. The second kappa shape index (κ2) is 6.39. The summed E-state index contributed by atoms with van der Waals surface area (Å²) < 4.78 is 37.5. The number of nitriles is 1. The Morgan fingerprint density at radius 3 is 2.65 bits per heavy atom. The van der Waals surface area contributed by atoms with E-state index in [4.69, 9.17) is 10.4 Å². The zero-order valence-electron chi connectivity index (χ0n) is 10.7. The fourth-order valence-electron chi connectivity index (χ4n) is 1.81. The van der Waals surface area contributed by atoms with Gasteiger partial charge in [0.1, 0.15) is 0 Å². The molecule has 0 saturated heterocycles. The summed E-state index contributed by atoms with van der Waals surface area (Å²) in [6, 6.07) is 7.23. The maximum Gasteiger partial charge on any atom is 0.401 e. The minimum absolute atomic E-state index is 0.316. The molecule has 0 aliphatic carbocycles. The van der Waals surface area contributed by atoms with Gasteiger partial charge in [0.15, 0.2) is 0 Å². The minimum atomic E-state index is -4.49. The number of halogens is 3. The standard InChI is InChI=1S/C13H13F3N2O2/c1-9(11-4-2-3-10(5-11)6-17)18(7-12(19)20)8-13(14,15)16/h2-5,9H,7-8H2,1H3,(H,19,20). The molecule has 1 rings (SSSR count). The highest BCUT2D eigenvalue weighted by molar-refractivity contribution is 5.69. The summed E-state index contributed by atoms with van der Waals surface area (Å²) in [6.45, 7) is -0.570. The van der Waals surface area contributed by atoms with Crippen molar-refractivity contribution in [2.75, 3.05) is 13.1 Å². The summed E-state index contributed by atoms with van der Waals surface area (Å²) in [5.74, 6) is -1.34. The molecule has 0 heterocycles. The molecule has 20 heavy (non-hydrogen) atoms. The van der Waals surface area contributed by atoms with Crippen LogP contribution in [0.1, 0.15) is 24.1 Å². The lowest BCUT2D eigenvalue weighted by atomic mass is 10.0. The average Bonchev–Trinajstić information content (AvgIpc) is 2.35. The fraction of sp³-hybridized carbons (Fsp3) is 0.385. The van der Waals surface area contributed by atoms with Crippen molar-refractivity contribution in [2.45, 2.75) is 19.1 Å². The molecule has 0 amide bonds. The Balaban J connectivity index is 2.99. The molecule has 0 fully saturated rings. The molecule has 108 valence electrons. The van der Waals surface area contributed by atoms with E-state index >= 15 is 0 Å². The van der Waals surface area contributed by atoms with Crippen LogP contribution in [0.2, 0.25) is 0 Å². The largest absolute Gasteiger partial charge is 0.480 e. The maximum atomic E-state index is 12.5. The van der Waals surface area contributed by atoms with Crippen molar-refractivity contribution in [3.05, 3.63) is 35.4 Å². The third-order valence-corrected chi connectivity index (χ3v) is 2.77. The third kappa shape index (κ3) is 4.90. The van der Waals surface area contributed by atoms with Gasteiger partial charge in [-0.1, -0.05) is 12.1 Å². The lowest BCUT2D eigenvalue weighted by Crippen LogP contribution is -2.39. The molecule has 0 aromatic heterocycles. The first-order valence-electron chi connectivity index (χ1n) is 5.75. The highest BCUT2D eigenvalue weighted by atomic mass is 19.4. The Morgan fingerprint density at radius 2 is 2.15 bits per heavy atom. The molecule has 0 spiro atoms. The highest BCUT2D eigenvalue weighted by Gasteiger charge is 2.34. The van der Waals surface area contributed by atoms with Crippen molar-refractivity contribution in [1.29, 1.82) is 5.26 Å². The molecule has 1 aromatic rings. The number of carbonyl (C=O) groups is 1. The van der Waals surface area contributed by atoms with Crippen LogP contribution in [-0.2, 0) is 4.79 Å². The van der Waals surface area contributed by atoms with Gasteiger partial charge in [0.25, 0.3) is 0 Å². The summed E-state index contributed by atoms with van der Waals surface area (Å²) in [4.78, 5) is 11.5. The molecule has 4 nitrogen and oxygen atoms in total. The van der Waals surface area contributed by atoms with Gasteiger partial charge in [0.2, 0.25) is 0 Å². The van der Waals surface area contributed by atoms with E-state index in [1.165, 1.54) is 19.1 Å². The lowest BCUT2D eigenvalue weighted by molar-refractivity contribution is -0.157. The first-order valence-corrected chi connectivity index (χ1v) is 5.75. The number of nitrogens with zero attached hydrogens (tertiary/aromatic N) is 2. The molecular weight excluding hydrogens is 273 g/mol. The average molecular weight is 286 g/mol. The van der Waals surface area contributed by atoms with Crippen molar-refractivity contribution in [3.63, 3.8) is 0 Å². The molecule has 1 aromatic carbocycles. The molecule has 1 atom stereocenters. The number of carboxylic acid groups (broad SMARTS) is 1. The van der Waals surface area contributed by atoms with Gasteiger partial charge in [-0.3, -0.25) is 9.69 Å². The van der Waals surface area contributed by atoms with Gasteiger partial charge in [0.05, 0.1) is 24.7 Å². The van der Waals surface area contributed by atoms with Crippen LogP contribution in [-0.4, -0.2) is 35.2 Å². The molecule has 1 N–H and O–H groups in total. The fourth-order valence-corrected chi connectivity index (χ4v) is 1.81. The topological polar surface area (TPSA) is 64.3 Å². The Morgan fingerprint density at radius 1 is 1.50 bits per heavy atom. The van der Waals surface area contributed by atoms with E-state index in [-0.39, 0.29) is 0 Å². The predicted molar refractivity (Wildman–Crippen MR) is 64.8 cm³/mol. The van der Waals surface area contributed by atoms with Gasteiger partial charge in [-0.2, -0.15) is 18.4 Å². The van der Waals surface area contributed by atoms with Crippen LogP contribution in [0.3, 0.4) is 0 Å². The van der Waals surface area contributed by atoms with Crippen molar-refractivity contribution >= 4 is 5.97 Å². The van der Waals surface area contributed by atoms with E-state index in [2.05, 4.69) is 0 Å². The van der Waals surface area contributed by atoms with E-state index in [1.807, 2.05) is 6.07 Å². The van der Waals surface area contributed by atoms with Crippen molar-refractivity contribution in [2.24, 2.45) is 0 Å². The van der Waals surface area contributed by atoms with Crippen LogP contribution in [0, 0.1) is 11.3 Å². The van der Waals surface area contributed by atoms with Gasteiger partial charge in [-0.05, 0) is 24.6 Å². The summed E-state index contributed by atoms with van der Waals surface area (Å²) in [6.07, 6.45) is -4.49. The van der Waals surface area contributed by atoms with Gasteiger partial charge < -0.3 is 5.11 Å². The Hall–Kier alpha value is -2.07. The van der Waals surface area contributed by atoms with Crippen LogP contribution in [0.5, 0.6) is 0 Å². The zero-order chi connectivity index (χ0) is 15.3. The summed E-state index contributed by atoms with van der Waals surface area (Å²) in [7, 11) is 0. The monoisotopic (exact) mass is 286 g/mol. The highest BCUT2D eigenvalue weighted by Crippen LogP contribution is 2.25. The third-order valence-electron chi connectivity index (χ3n) is 2.77. The van der Waals surface area contributed by atoms with Crippen LogP contribution < -0.4 is 0 Å². The SMILES string of the molecule is CC(c1cccc(C#N)c1)N(CC(=O)O)CC(F)(F)F. The smallest absolute Gasteiger partial charge is 0.401 e. The van der Waals surface area contributed by atoms with E-state index in [1.54, 1.807) is 12.1 Å². The molecule has 0 saturated carbocycles. The van der Waals surface area contributed by atoms with Crippen molar-refractivity contribution in [1.82, 2.24) is 4.90 Å². The van der Waals surface area contributed by atoms with Gasteiger partial charge in [-0.25, -0.2) is 0 Å². The summed E-state index contributed by atoms with van der Waals surface area (Å²) in [5.41, 5.74) is 0.784. The molecule has 0 aliphatic heterocycles. The molecule has 0 radical (unpaired) electrons. The summed E-state index contributed by atoms with van der Waals surface area (Å²) >= 11 is 0. The number of carboxylic acids is 1. The van der Waals surface area contributed by atoms with Crippen LogP contribution in [0.4, 0.5) is 13.2 Å². The number of alkyl halides is 3. The van der Waals surface area contributed by atoms with Crippen molar-refractivity contribution in [3.8, 4) is 6.07 Å². The normalized spacial score (nSPS) is 13.0. The number of aliphatic carboxylic acids is 1. The van der Waals surface area contributed by atoms with Crippen LogP contribution >= 0.6 is 0 Å². The Labute approximate surface area is 114 Å². The predicted octanol–water partition coefficient (Wildman–Crippen LogP) is 2.57. The number of hydrogen-bond acceptors (Lipinski definition) is 3. The summed E-state index contributed by atoms with van der Waals surface area (Å²) in [5, 5.41) is 17.5. The molecule has 7 heteroatoms. The van der Waals surface area contributed by atoms with E-state index in [0.29, 0.717) is 11.1 Å².